The molecule has 0 amide bonds. The van der Waals surface area contributed by atoms with Gasteiger partial charge in [0, 0.05) is 24.8 Å². The minimum Gasteiger partial charge on any atom is -0.383 e. The van der Waals surface area contributed by atoms with Gasteiger partial charge in [-0.15, -0.1) is 0 Å². The van der Waals surface area contributed by atoms with Gasteiger partial charge in [-0.05, 0) is 13.3 Å². The molecule has 1 rings (SSSR count). The Kier molecular flexibility index (Phi) is 5.86. The number of methoxy groups -OCH3 is 1. The zero-order valence-electron chi connectivity index (χ0n) is 11.9. The second kappa shape index (κ2) is 7.19. The summed E-state index contributed by atoms with van der Waals surface area (Å²) in [6.07, 6.45) is 0.587. The van der Waals surface area contributed by atoms with Crippen LogP contribution < -0.4 is 5.32 Å². The Bertz CT molecular complexity index is 564. The molecule has 1 unspecified atom stereocenters. The summed E-state index contributed by atoms with van der Waals surface area (Å²) in [7, 11) is 1.49. The molecule has 1 aromatic rings. The first-order valence-electron chi connectivity index (χ1n) is 6.20. The van der Waals surface area contributed by atoms with Crippen molar-refractivity contribution in [3.05, 3.63) is 36.9 Å². The molecule has 0 saturated carbocycles. The van der Waals surface area contributed by atoms with Crippen LogP contribution in [0.25, 0.3) is 0 Å². The topological polar surface area (TPSA) is 108 Å². The highest BCUT2D eigenvalue weighted by Crippen LogP contribution is 2.41. The Morgan fingerprint density at radius 1 is 1.38 bits per heavy atom. The van der Waals surface area contributed by atoms with Crippen molar-refractivity contribution in [2.75, 3.05) is 19.0 Å². The molecule has 1 aromatic carbocycles. The third-order valence-electron chi connectivity index (χ3n) is 3.06. The summed E-state index contributed by atoms with van der Waals surface area (Å²) >= 11 is 5.85. The van der Waals surface area contributed by atoms with Crippen molar-refractivity contribution >= 4 is 28.7 Å². The summed E-state index contributed by atoms with van der Waals surface area (Å²) in [5.74, 6) is 0. The zero-order valence-corrected chi connectivity index (χ0v) is 12.6. The summed E-state index contributed by atoms with van der Waals surface area (Å²) in [6, 6.07) is 0.833. The fraction of sp³-hybridized carbons (Fsp3) is 0.500. The van der Waals surface area contributed by atoms with Gasteiger partial charge in [-0.3, -0.25) is 20.2 Å². The first kappa shape index (κ1) is 17.1. The summed E-state index contributed by atoms with van der Waals surface area (Å²) < 4.78 is 4.99. The van der Waals surface area contributed by atoms with Crippen molar-refractivity contribution < 1.29 is 14.6 Å². The van der Waals surface area contributed by atoms with Crippen molar-refractivity contribution in [1.82, 2.24) is 0 Å². The Balaban J connectivity index is 3.47. The lowest BCUT2D eigenvalue weighted by Crippen LogP contribution is -2.25. The summed E-state index contributed by atoms with van der Waals surface area (Å²) in [6.45, 7) is 3.57. The molecule has 9 heteroatoms. The normalized spacial score (nSPS) is 12.0. The van der Waals surface area contributed by atoms with Crippen LogP contribution >= 0.6 is 11.6 Å². The largest absolute Gasteiger partial charge is 0.383 e. The molecule has 0 aliphatic carbocycles. The number of nitro groups is 2. The van der Waals surface area contributed by atoms with Gasteiger partial charge in [-0.25, -0.2) is 0 Å². The first-order chi connectivity index (χ1) is 9.83. The Morgan fingerprint density at radius 2 is 2.00 bits per heavy atom. The molecule has 0 spiro atoms. The maximum Gasteiger partial charge on any atom is 0.303 e. The standard InChI is InChI=1S/C12H16ClN3O5/c1-4-8(6-21-3)14-11-10(15(17)18)5-9(13)7(2)12(11)16(19)20/h5,8,14H,4,6H2,1-3H3. The van der Waals surface area contributed by atoms with E-state index < -0.39 is 15.5 Å². The highest BCUT2D eigenvalue weighted by Gasteiger charge is 2.31. The van der Waals surface area contributed by atoms with Crippen LogP contribution in [-0.2, 0) is 4.74 Å². The molecule has 0 aliphatic heterocycles. The van der Waals surface area contributed by atoms with Crippen LogP contribution in [0.5, 0.6) is 0 Å². The van der Waals surface area contributed by atoms with Crippen molar-refractivity contribution in [3.63, 3.8) is 0 Å². The summed E-state index contributed by atoms with van der Waals surface area (Å²) in [5.41, 5.74) is -0.770. The van der Waals surface area contributed by atoms with Crippen LogP contribution in [0, 0.1) is 27.2 Å². The molecule has 116 valence electrons. The molecule has 1 atom stereocenters. The quantitative estimate of drug-likeness (QED) is 0.610. The number of anilines is 1. The van der Waals surface area contributed by atoms with Gasteiger partial charge in [-0.2, -0.15) is 0 Å². The average Bonchev–Trinajstić information content (AvgIpc) is 2.41. The van der Waals surface area contributed by atoms with E-state index in [4.69, 9.17) is 16.3 Å². The number of nitrogens with one attached hydrogen (secondary N) is 1. The van der Waals surface area contributed by atoms with Crippen LogP contribution in [-0.4, -0.2) is 29.6 Å². The Morgan fingerprint density at radius 3 is 2.43 bits per heavy atom. The molecule has 0 saturated heterocycles. The number of hydrogen-bond donors (Lipinski definition) is 1. The average molecular weight is 318 g/mol. The van der Waals surface area contributed by atoms with Crippen LogP contribution in [0.3, 0.4) is 0 Å². The van der Waals surface area contributed by atoms with Crippen molar-refractivity contribution in [3.8, 4) is 0 Å². The van der Waals surface area contributed by atoms with E-state index in [0.717, 1.165) is 6.07 Å². The molecule has 0 bridgehead atoms. The summed E-state index contributed by atoms with van der Waals surface area (Å²) in [5, 5.41) is 25.2. The molecule has 0 radical (unpaired) electrons. The fourth-order valence-corrected chi connectivity index (χ4v) is 2.10. The van der Waals surface area contributed by atoms with E-state index in [9.17, 15) is 20.2 Å². The monoisotopic (exact) mass is 317 g/mol. The lowest BCUT2D eigenvalue weighted by molar-refractivity contribution is -0.392. The van der Waals surface area contributed by atoms with E-state index in [1.54, 1.807) is 0 Å². The number of nitro benzene ring substituents is 2. The number of nitrogens with zero attached hydrogens (tertiary/aromatic N) is 2. The van der Waals surface area contributed by atoms with E-state index in [0.29, 0.717) is 6.42 Å². The molecule has 8 nitrogen and oxygen atoms in total. The van der Waals surface area contributed by atoms with Crippen molar-refractivity contribution in [2.24, 2.45) is 0 Å². The number of rotatable bonds is 7. The van der Waals surface area contributed by atoms with Gasteiger partial charge in [0.1, 0.15) is 0 Å². The van der Waals surface area contributed by atoms with Gasteiger partial charge in [0.2, 0.25) is 0 Å². The smallest absolute Gasteiger partial charge is 0.303 e. The van der Waals surface area contributed by atoms with Gasteiger partial charge in [0.25, 0.3) is 0 Å². The third-order valence-corrected chi connectivity index (χ3v) is 3.45. The van der Waals surface area contributed by atoms with E-state index in [-0.39, 0.29) is 34.6 Å². The highest BCUT2D eigenvalue weighted by atomic mass is 35.5. The molecule has 0 heterocycles. The minimum absolute atomic E-state index is 0.0151. The van der Waals surface area contributed by atoms with Crippen LogP contribution in [0.2, 0.25) is 5.02 Å². The number of hydrogen-bond acceptors (Lipinski definition) is 6. The molecule has 1 N–H and O–H groups in total. The van der Waals surface area contributed by atoms with Crippen LogP contribution in [0.4, 0.5) is 17.1 Å². The van der Waals surface area contributed by atoms with Crippen molar-refractivity contribution in [2.45, 2.75) is 26.3 Å². The number of benzene rings is 1. The van der Waals surface area contributed by atoms with Crippen LogP contribution in [0.1, 0.15) is 18.9 Å². The van der Waals surface area contributed by atoms with Gasteiger partial charge >= 0.3 is 11.4 Å². The van der Waals surface area contributed by atoms with Crippen LogP contribution in [0.15, 0.2) is 6.07 Å². The minimum atomic E-state index is -0.694. The van der Waals surface area contributed by atoms with Crippen molar-refractivity contribution in [1.29, 1.82) is 0 Å². The fourth-order valence-electron chi connectivity index (χ4n) is 1.90. The van der Waals surface area contributed by atoms with E-state index >= 15 is 0 Å². The third kappa shape index (κ3) is 3.79. The highest BCUT2D eigenvalue weighted by molar-refractivity contribution is 6.32. The predicted molar refractivity (Wildman–Crippen MR) is 79.1 cm³/mol. The second-order valence-corrected chi connectivity index (χ2v) is 4.85. The SMILES string of the molecule is CCC(COC)Nc1c([N+](=O)[O-])cc(Cl)c(C)c1[N+](=O)[O-]. The van der Waals surface area contributed by atoms with E-state index in [1.165, 1.54) is 14.0 Å². The molecule has 21 heavy (non-hydrogen) atoms. The number of halogens is 1. The van der Waals surface area contributed by atoms with E-state index in [2.05, 4.69) is 5.32 Å². The molecular formula is C12H16ClN3O5. The lowest BCUT2D eigenvalue weighted by Gasteiger charge is -2.18. The molecule has 0 fully saturated rings. The lowest BCUT2D eigenvalue weighted by atomic mass is 10.1. The molecule has 0 aliphatic rings. The Hall–Kier alpha value is -1.93. The number of ether oxygens (including phenoxy) is 1. The summed E-state index contributed by atoms with van der Waals surface area (Å²) in [4.78, 5) is 21.0. The van der Waals surface area contributed by atoms with Gasteiger partial charge in [0.05, 0.1) is 21.5 Å². The van der Waals surface area contributed by atoms with Gasteiger partial charge in [-0.1, -0.05) is 18.5 Å². The predicted octanol–water partition coefficient (Wildman–Crippen LogP) is 3.30. The molecular weight excluding hydrogens is 302 g/mol. The zero-order chi connectivity index (χ0) is 16.2. The maximum atomic E-state index is 11.3. The second-order valence-electron chi connectivity index (χ2n) is 4.45. The van der Waals surface area contributed by atoms with Gasteiger partial charge < -0.3 is 10.1 Å². The molecule has 0 aromatic heterocycles. The van der Waals surface area contributed by atoms with Gasteiger partial charge in [0.15, 0.2) is 5.69 Å². The first-order valence-corrected chi connectivity index (χ1v) is 6.58. The van der Waals surface area contributed by atoms with E-state index in [1.807, 2.05) is 6.92 Å². The maximum absolute atomic E-state index is 11.3. The Labute approximate surface area is 126 Å².